The van der Waals surface area contributed by atoms with E-state index in [0.717, 1.165) is 34.3 Å². The highest BCUT2D eigenvalue weighted by atomic mass is 16.5. The molecule has 4 aromatic rings. The Hall–Kier alpha value is -3.45. The number of hydrogen-bond donors (Lipinski definition) is 1. The first-order chi connectivity index (χ1) is 14.2. The molecule has 2 aromatic heterocycles. The van der Waals surface area contributed by atoms with E-state index in [9.17, 15) is 4.79 Å². The molecule has 0 saturated heterocycles. The van der Waals surface area contributed by atoms with E-state index < -0.39 is 0 Å². The van der Waals surface area contributed by atoms with Crippen LogP contribution in [0.15, 0.2) is 67.4 Å². The van der Waals surface area contributed by atoms with Gasteiger partial charge in [0.2, 0.25) is 5.91 Å². The average Bonchev–Trinajstić information content (AvgIpc) is 3.36. The molecule has 29 heavy (non-hydrogen) atoms. The number of methoxy groups -OCH3 is 1. The fraction of sp³-hybridized carbons (Fsp3) is 0.227. The number of carbonyl (C=O) groups is 1. The van der Waals surface area contributed by atoms with Crippen molar-refractivity contribution in [3.63, 3.8) is 0 Å². The van der Waals surface area contributed by atoms with Crippen LogP contribution in [0.1, 0.15) is 11.1 Å². The predicted molar refractivity (Wildman–Crippen MR) is 112 cm³/mol. The van der Waals surface area contributed by atoms with Gasteiger partial charge in [-0.05, 0) is 29.3 Å². The SMILES string of the molecule is COCCn1cc(CC(=O)Nc2ccc(Cn3cncn3)cc2)c2ccccc21. The monoisotopic (exact) mass is 389 g/mol. The molecular formula is C22H23N5O2. The number of para-hydroxylation sites is 1. The van der Waals surface area contributed by atoms with Gasteiger partial charge in [0.15, 0.2) is 0 Å². The van der Waals surface area contributed by atoms with Crippen molar-refractivity contribution in [2.75, 3.05) is 19.0 Å². The highest BCUT2D eigenvalue weighted by molar-refractivity contribution is 5.96. The van der Waals surface area contributed by atoms with Crippen molar-refractivity contribution < 1.29 is 9.53 Å². The van der Waals surface area contributed by atoms with E-state index in [1.807, 2.05) is 42.6 Å². The Morgan fingerprint density at radius 3 is 2.72 bits per heavy atom. The number of aromatic nitrogens is 4. The fourth-order valence-electron chi connectivity index (χ4n) is 3.41. The summed E-state index contributed by atoms with van der Waals surface area (Å²) in [7, 11) is 1.69. The highest BCUT2D eigenvalue weighted by Crippen LogP contribution is 2.22. The van der Waals surface area contributed by atoms with Crippen LogP contribution in [0.2, 0.25) is 0 Å². The summed E-state index contributed by atoms with van der Waals surface area (Å²) in [5.41, 5.74) is 4.00. The summed E-state index contributed by atoms with van der Waals surface area (Å²) in [6.45, 7) is 2.03. The number of amides is 1. The third-order valence-corrected chi connectivity index (χ3v) is 4.81. The average molecular weight is 389 g/mol. The number of anilines is 1. The zero-order valence-corrected chi connectivity index (χ0v) is 16.3. The summed E-state index contributed by atoms with van der Waals surface area (Å²) in [4.78, 5) is 16.6. The van der Waals surface area contributed by atoms with Crippen molar-refractivity contribution in [2.24, 2.45) is 0 Å². The minimum absolute atomic E-state index is 0.0383. The van der Waals surface area contributed by atoms with Gasteiger partial charge < -0.3 is 14.6 Å². The van der Waals surface area contributed by atoms with Crippen molar-refractivity contribution in [3.05, 3.63) is 78.5 Å². The zero-order chi connectivity index (χ0) is 20.1. The van der Waals surface area contributed by atoms with Gasteiger partial charge in [0, 0.05) is 36.4 Å². The van der Waals surface area contributed by atoms with Gasteiger partial charge in [-0.25, -0.2) is 9.67 Å². The normalized spacial score (nSPS) is 11.1. The molecule has 0 atom stereocenters. The number of fused-ring (bicyclic) bond motifs is 1. The number of carbonyl (C=O) groups excluding carboxylic acids is 1. The molecule has 0 aliphatic carbocycles. The molecule has 2 heterocycles. The van der Waals surface area contributed by atoms with Gasteiger partial charge in [-0.2, -0.15) is 5.10 Å². The van der Waals surface area contributed by atoms with Gasteiger partial charge in [0.1, 0.15) is 12.7 Å². The molecule has 7 heteroatoms. The first-order valence-electron chi connectivity index (χ1n) is 9.50. The number of hydrogen-bond acceptors (Lipinski definition) is 4. The molecule has 1 amide bonds. The molecule has 0 fully saturated rings. The Balaban J connectivity index is 1.43. The number of nitrogens with one attached hydrogen (secondary N) is 1. The number of benzene rings is 2. The second-order valence-electron chi connectivity index (χ2n) is 6.87. The van der Waals surface area contributed by atoms with Crippen LogP contribution < -0.4 is 5.32 Å². The van der Waals surface area contributed by atoms with Crippen LogP contribution in [-0.4, -0.2) is 39.0 Å². The molecule has 0 radical (unpaired) electrons. The fourth-order valence-corrected chi connectivity index (χ4v) is 3.41. The van der Waals surface area contributed by atoms with Crippen LogP contribution in [-0.2, 0) is 29.0 Å². The first kappa shape index (κ1) is 18.9. The van der Waals surface area contributed by atoms with Crippen LogP contribution in [0.4, 0.5) is 5.69 Å². The molecule has 0 saturated carbocycles. The van der Waals surface area contributed by atoms with E-state index in [2.05, 4.69) is 32.1 Å². The van der Waals surface area contributed by atoms with E-state index in [4.69, 9.17) is 4.74 Å². The lowest BCUT2D eigenvalue weighted by Gasteiger charge is -2.07. The number of nitrogens with zero attached hydrogens (tertiary/aromatic N) is 4. The Kier molecular flexibility index (Phi) is 5.67. The Labute approximate surface area is 168 Å². The molecule has 148 valence electrons. The van der Waals surface area contributed by atoms with E-state index >= 15 is 0 Å². The maximum absolute atomic E-state index is 12.6. The van der Waals surface area contributed by atoms with Gasteiger partial charge in [-0.15, -0.1) is 0 Å². The highest BCUT2D eigenvalue weighted by Gasteiger charge is 2.12. The quantitative estimate of drug-likeness (QED) is 0.503. The van der Waals surface area contributed by atoms with Gasteiger partial charge in [-0.1, -0.05) is 30.3 Å². The van der Waals surface area contributed by atoms with E-state index in [0.29, 0.717) is 19.6 Å². The molecule has 2 aromatic carbocycles. The second kappa shape index (κ2) is 8.70. The lowest BCUT2D eigenvalue weighted by Crippen LogP contribution is -2.14. The molecule has 0 bridgehead atoms. The summed E-state index contributed by atoms with van der Waals surface area (Å²) in [6, 6.07) is 15.9. The summed E-state index contributed by atoms with van der Waals surface area (Å²) < 4.78 is 9.09. The molecule has 1 N–H and O–H groups in total. The van der Waals surface area contributed by atoms with Gasteiger partial charge in [0.05, 0.1) is 19.6 Å². The minimum atomic E-state index is -0.0383. The molecule has 4 rings (SSSR count). The standard InChI is InChI=1S/C22H23N5O2/c1-29-11-10-26-14-18(20-4-2-3-5-21(20)26)12-22(28)25-19-8-6-17(7-9-19)13-27-16-23-15-24-27/h2-9,14-16H,10-13H2,1H3,(H,25,28). The van der Waals surface area contributed by atoms with Crippen LogP contribution in [0.25, 0.3) is 10.9 Å². The van der Waals surface area contributed by atoms with Crippen molar-refractivity contribution in [1.29, 1.82) is 0 Å². The van der Waals surface area contributed by atoms with Gasteiger partial charge in [0.25, 0.3) is 0 Å². The summed E-state index contributed by atoms with van der Waals surface area (Å²) in [5.74, 6) is -0.0383. The van der Waals surface area contributed by atoms with E-state index in [-0.39, 0.29) is 5.91 Å². The smallest absolute Gasteiger partial charge is 0.228 e. The van der Waals surface area contributed by atoms with Crippen molar-refractivity contribution in [1.82, 2.24) is 19.3 Å². The van der Waals surface area contributed by atoms with Gasteiger partial charge in [-0.3, -0.25) is 4.79 Å². The van der Waals surface area contributed by atoms with Crippen molar-refractivity contribution in [2.45, 2.75) is 19.5 Å². The molecule has 0 aliphatic rings. The zero-order valence-electron chi connectivity index (χ0n) is 16.3. The number of rotatable bonds is 8. The minimum Gasteiger partial charge on any atom is -0.383 e. The summed E-state index contributed by atoms with van der Waals surface area (Å²) in [6.07, 6.45) is 5.56. The predicted octanol–water partition coefficient (Wildman–Crippen LogP) is 3.11. The molecule has 7 nitrogen and oxygen atoms in total. The lowest BCUT2D eigenvalue weighted by atomic mass is 10.1. The lowest BCUT2D eigenvalue weighted by molar-refractivity contribution is -0.115. The van der Waals surface area contributed by atoms with Crippen LogP contribution in [0.3, 0.4) is 0 Å². The van der Waals surface area contributed by atoms with Crippen molar-refractivity contribution >= 4 is 22.5 Å². The van der Waals surface area contributed by atoms with Gasteiger partial charge >= 0.3 is 0 Å². The third-order valence-electron chi connectivity index (χ3n) is 4.81. The van der Waals surface area contributed by atoms with Crippen LogP contribution in [0, 0.1) is 0 Å². The van der Waals surface area contributed by atoms with Crippen molar-refractivity contribution in [3.8, 4) is 0 Å². The first-order valence-corrected chi connectivity index (χ1v) is 9.50. The van der Waals surface area contributed by atoms with Crippen LogP contribution in [0.5, 0.6) is 0 Å². The summed E-state index contributed by atoms with van der Waals surface area (Å²) in [5, 5.41) is 8.19. The Bertz CT molecular complexity index is 1080. The maximum atomic E-state index is 12.6. The van der Waals surface area contributed by atoms with E-state index in [1.54, 1.807) is 18.1 Å². The van der Waals surface area contributed by atoms with Crippen LogP contribution >= 0.6 is 0 Å². The maximum Gasteiger partial charge on any atom is 0.228 e. The second-order valence-corrected chi connectivity index (χ2v) is 6.87. The van der Waals surface area contributed by atoms with E-state index in [1.165, 1.54) is 6.33 Å². The molecule has 0 unspecified atom stereocenters. The molecular weight excluding hydrogens is 366 g/mol. The molecule has 0 aliphatic heterocycles. The Morgan fingerprint density at radius 1 is 1.14 bits per heavy atom. The third kappa shape index (κ3) is 4.52. The largest absolute Gasteiger partial charge is 0.383 e. The molecule has 0 spiro atoms. The topological polar surface area (TPSA) is 74.0 Å². The Morgan fingerprint density at radius 2 is 1.97 bits per heavy atom. The summed E-state index contributed by atoms with van der Waals surface area (Å²) >= 11 is 0. The number of ether oxygens (including phenoxy) is 1.